The number of aromatic nitrogens is 1. The van der Waals surface area contributed by atoms with Crippen LogP contribution in [0, 0.1) is 6.92 Å². The Balaban J connectivity index is 2.05. The van der Waals surface area contributed by atoms with Crippen LogP contribution < -0.4 is 10.5 Å². The SMILES string of the molecule is Cc1ccnc(N)c1C(=O)C1CCOc2ccccc21. The van der Waals surface area contributed by atoms with Gasteiger partial charge in [0.15, 0.2) is 5.78 Å². The molecule has 0 spiro atoms. The number of hydrogen-bond donors (Lipinski definition) is 1. The van der Waals surface area contributed by atoms with E-state index in [0.29, 0.717) is 24.4 Å². The molecule has 2 aromatic rings. The average Bonchev–Trinajstić information content (AvgIpc) is 2.46. The van der Waals surface area contributed by atoms with Gasteiger partial charge in [-0.05, 0) is 31.0 Å². The summed E-state index contributed by atoms with van der Waals surface area (Å²) in [6, 6.07) is 9.49. The van der Waals surface area contributed by atoms with Crippen LogP contribution in [0.3, 0.4) is 0 Å². The summed E-state index contributed by atoms with van der Waals surface area (Å²) in [5, 5.41) is 0. The number of fused-ring (bicyclic) bond motifs is 1. The molecule has 0 amide bonds. The zero-order chi connectivity index (χ0) is 14.1. The third-order valence-electron chi connectivity index (χ3n) is 3.71. The van der Waals surface area contributed by atoms with E-state index in [0.717, 1.165) is 16.9 Å². The molecule has 20 heavy (non-hydrogen) atoms. The van der Waals surface area contributed by atoms with E-state index in [9.17, 15) is 4.79 Å². The minimum atomic E-state index is -0.204. The minimum Gasteiger partial charge on any atom is -0.493 e. The van der Waals surface area contributed by atoms with Gasteiger partial charge >= 0.3 is 0 Å². The predicted octanol–water partition coefficient (Wildman–Crippen LogP) is 2.72. The van der Waals surface area contributed by atoms with Gasteiger partial charge in [0.05, 0.1) is 18.1 Å². The first-order chi connectivity index (χ1) is 9.68. The normalized spacial score (nSPS) is 17.1. The van der Waals surface area contributed by atoms with Crippen molar-refractivity contribution >= 4 is 11.6 Å². The summed E-state index contributed by atoms with van der Waals surface area (Å²) in [6.07, 6.45) is 2.29. The number of hydrogen-bond acceptors (Lipinski definition) is 4. The quantitative estimate of drug-likeness (QED) is 0.850. The summed E-state index contributed by atoms with van der Waals surface area (Å²) >= 11 is 0. The number of anilines is 1. The van der Waals surface area contributed by atoms with Crippen LogP contribution in [0.2, 0.25) is 0 Å². The predicted molar refractivity (Wildman–Crippen MR) is 77.0 cm³/mol. The van der Waals surface area contributed by atoms with Crippen molar-refractivity contribution in [2.75, 3.05) is 12.3 Å². The van der Waals surface area contributed by atoms with Crippen LogP contribution in [0.4, 0.5) is 5.82 Å². The van der Waals surface area contributed by atoms with E-state index in [1.54, 1.807) is 6.20 Å². The molecule has 2 N–H and O–H groups in total. The number of rotatable bonds is 2. The number of pyridine rings is 1. The number of nitrogens with zero attached hydrogens (tertiary/aromatic N) is 1. The van der Waals surface area contributed by atoms with Crippen molar-refractivity contribution in [1.29, 1.82) is 0 Å². The van der Waals surface area contributed by atoms with E-state index in [2.05, 4.69) is 4.98 Å². The first kappa shape index (κ1) is 12.7. The van der Waals surface area contributed by atoms with Crippen LogP contribution in [0.1, 0.15) is 33.8 Å². The van der Waals surface area contributed by atoms with Crippen molar-refractivity contribution in [3.63, 3.8) is 0 Å². The lowest BCUT2D eigenvalue weighted by Crippen LogP contribution is -2.23. The van der Waals surface area contributed by atoms with Gasteiger partial charge in [0.1, 0.15) is 11.6 Å². The third-order valence-corrected chi connectivity index (χ3v) is 3.71. The third kappa shape index (κ3) is 2.03. The summed E-state index contributed by atoms with van der Waals surface area (Å²) in [7, 11) is 0. The minimum absolute atomic E-state index is 0.0313. The number of carbonyl (C=O) groups is 1. The summed E-state index contributed by atoms with van der Waals surface area (Å²) < 4.78 is 5.60. The smallest absolute Gasteiger partial charge is 0.174 e. The zero-order valence-electron chi connectivity index (χ0n) is 11.3. The molecule has 0 fully saturated rings. The molecule has 1 aromatic carbocycles. The van der Waals surface area contributed by atoms with Crippen molar-refractivity contribution < 1.29 is 9.53 Å². The molecule has 1 aliphatic rings. The highest BCUT2D eigenvalue weighted by Crippen LogP contribution is 2.36. The summed E-state index contributed by atoms with van der Waals surface area (Å²) in [5.74, 6) is 0.921. The standard InChI is InChI=1S/C16H16N2O2/c1-10-6-8-18-16(17)14(10)15(19)12-7-9-20-13-5-3-2-4-11(12)13/h2-6,8,12H,7,9H2,1H3,(H2,17,18). The van der Waals surface area contributed by atoms with Crippen LogP contribution in [-0.2, 0) is 0 Å². The Morgan fingerprint density at radius 3 is 2.95 bits per heavy atom. The Kier molecular flexibility index (Phi) is 3.14. The molecule has 1 atom stereocenters. The van der Waals surface area contributed by atoms with Gasteiger partial charge in [0, 0.05) is 11.8 Å². The van der Waals surface area contributed by atoms with E-state index in [1.165, 1.54) is 0 Å². The molecule has 0 saturated carbocycles. The Bertz CT molecular complexity index is 647. The first-order valence-corrected chi connectivity index (χ1v) is 6.65. The zero-order valence-corrected chi connectivity index (χ0v) is 11.3. The average molecular weight is 268 g/mol. The monoisotopic (exact) mass is 268 g/mol. The first-order valence-electron chi connectivity index (χ1n) is 6.65. The number of aryl methyl sites for hydroxylation is 1. The van der Waals surface area contributed by atoms with E-state index in [4.69, 9.17) is 10.5 Å². The summed E-state index contributed by atoms with van der Waals surface area (Å²) in [4.78, 5) is 16.9. The fourth-order valence-electron chi connectivity index (χ4n) is 2.69. The second-order valence-corrected chi connectivity index (χ2v) is 4.98. The van der Waals surface area contributed by atoms with Gasteiger partial charge < -0.3 is 10.5 Å². The number of carbonyl (C=O) groups excluding carboxylic acids is 1. The molecule has 0 saturated heterocycles. The second-order valence-electron chi connectivity index (χ2n) is 4.98. The maximum Gasteiger partial charge on any atom is 0.174 e. The van der Waals surface area contributed by atoms with Crippen molar-refractivity contribution in [2.45, 2.75) is 19.3 Å². The van der Waals surface area contributed by atoms with Crippen LogP contribution in [0.15, 0.2) is 36.5 Å². The summed E-state index contributed by atoms with van der Waals surface area (Å²) in [6.45, 7) is 2.43. The molecular formula is C16H16N2O2. The van der Waals surface area contributed by atoms with Crippen LogP contribution >= 0.6 is 0 Å². The van der Waals surface area contributed by atoms with Crippen LogP contribution in [0.5, 0.6) is 5.75 Å². The topological polar surface area (TPSA) is 65.2 Å². The molecule has 4 heteroatoms. The largest absolute Gasteiger partial charge is 0.493 e. The van der Waals surface area contributed by atoms with Gasteiger partial charge in [-0.15, -0.1) is 0 Å². The van der Waals surface area contributed by atoms with Gasteiger partial charge in [-0.1, -0.05) is 18.2 Å². The van der Waals surface area contributed by atoms with Gasteiger partial charge in [-0.2, -0.15) is 0 Å². The van der Waals surface area contributed by atoms with E-state index >= 15 is 0 Å². The number of ether oxygens (including phenoxy) is 1. The Hall–Kier alpha value is -2.36. The lowest BCUT2D eigenvalue weighted by atomic mass is 9.85. The van der Waals surface area contributed by atoms with Crippen LogP contribution in [0.25, 0.3) is 0 Å². The molecule has 1 unspecified atom stereocenters. The van der Waals surface area contributed by atoms with Crippen molar-refractivity contribution in [1.82, 2.24) is 4.98 Å². The van der Waals surface area contributed by atoms with Crippen LogP contribution in [-0.4, -0.2) is 17.4 Å². The Labute approximate surface area is 117 Å². The van der Waals surface area contributed by atoms with Crippen molar-refractivity contribution in [3.8, 4) is 5.75 Å². The molecule has 102 valence electrons. The number of ketones is 1. The molecular weight excluding hydrogens is 252 g/mol. The molecule has 0 aliphatic carbocycles. The van der Waals surface area contributed by atoms with E-state index < -0.39 is 0 Å². The number of para-hydroxylation sites is 1. The summed E-state index contributed by atoms with van der Waals surface area (Å²) in [5.41, 5.74) is 8.23. The van der Waals surface area contributed by atoms with Crippen molar-refractivity contribution in [3.05, 3.63) is 53.2 Å². The molecule has 1 aromatic heterocycles. The number of nitrogens with two attached hydrogens (primary N) is 1. The fourth-order valence-corrected chi connectivity index (χ4v) is 2.69. The Morgan fingerprint density at radius 1 is 1.35 bits per heavy atom. The highest BCUT2D eigenvalue weighted by atomic mass is 16.5. The number of nitrogen functional groups attached to an aromatic ring is 1. The molecule has 2 heterocycles. The maximum absolute atomic E-state index is 12.8. The molecule has 0 bridgehead atoms. The van der Waals surface area contributed by atoms with Gasteiger partial charge in [-0.25, -0.2) is 4.98 Å². The van der Waals surface area contributed by atoms with Gasteiger partial charge in [0.2, 0.25) is 0 Å². The lowest BCUT2D eigenvalue weighted by molar-refractivity contribution is 0.0933. The highest BCUT2D eigenvalue weighted by molar-refractivity contribution is 6.05. The van der Waals surface area contributed by atoms with E-state index in [-0.39, 0.29) is 11.7 Å². The number of benzene rings is 1. The second kappa shape index (κ2) is 4.96. The molecule has 4 nitrogen and oxygen atoms in total. The molecule has 3 rings (SSSR count). The fraction of sp³-hybridized carbons (Fsp3) is 0.250. The van der Waals surface area contributed by atoms with Gasteiger partial charge in [0.25, 0.3) is 0 Å². The highest BCUT2D eigenvalue weighted by Gasteiger charge is 2.30. The molecule has 0 radical (unpaired) electrons. The molecule has 1 aliphatic heterocycles. The Morgan fingerprint density at radius 2 is 2.15 bits per heavy atom. The van der Waals surface area contributed by atoms with Crippen molar-refractivity contribution in [2.24, 2.45) is 0 Å². The maximum atomic E-state index is 12.8. The van der Waals surface area contributed by atoms with E-state index in [1.807, 2.05) is 37.3 Å². The number of Topliss-reactive ketones (excluding diaryl/α,β-unsaturated/α-hetero) is 1. The van der Waals surface area contributed by atoms with Gasteiger partial charge in [-0.3, -0.25) is 4.79 Å². The lowest BCUT2D eigenvalue weighted by Gasteiger charge is -2.25.